The maximum Gasteiger partial charge on any atom is 0.314 e. The van der Waals surface area contributed by atoms with Crippen LogP contribution in [-0.2, 0) is 14.6 Å². The molecule has 1 fully saturated rings. The summed E-state index contributed by atoms with van der Waals surface area (Å²) < 4.78 is 38.9. The molecule has 3 rings (SSSR count). The summed E-state index contributed by atoms with van der Waals surface area (Å²) in [6.45, 7) is -0.818. The van der Waals surface area contributed by atoms with Crippen LogP contribution in [0.2, 0.25) is 0 Å². The van der Waals surface area contributed by atoms with Crippen molar-refractivity contribution in [2.45, 2.75) is 16.1 Å². The van der Waals surface area contributed by atoms with E-state index in [1.807, 2.05) is 0 Å². The highest BCUT2D eigenvalue weighted by Crippen LogP contribution is 2.64. The first kappa shape index (κ1) is 16.6. The van der Waals surface area contributed by atoms with E-state index in [1.165, 1.54) is 24.3 Å². The molecule has 0 saturated heterocycles. The highest BCUT2D eigenvalue weighted by atomic mass is 32.2. The number of benzene rings is 2. The van der Waals surface area contributed by atoms with Crippen molar-refractivity contribution >= 4 is 15.8 Å². The largest absolute Gasteiger partial charge is 0.481 e. The lowest BCUT2D eigenvalue weighted by atomic mass is 10.0. The molecule has 0 aliphatic heterocycles. The Bertz CT molecular complexity index is 864. The number of carboxylic acids is 1. The van der Waals surface area contributed by atoms with Gasteiger partial charge in [0.05, 0.1) is 16.8 Å². The number of rotatable bonds is 5. The molecule has 0 radical (unpaired) electrons. The zero-order chi connectivity index (χ0) is 17.5. The van der Waals surface area contributed by atoms with Gasteiger partial charge < -0.3 is 10.2 Å². The number of aliphatic hydroxyl groups is 1. The quantitative estimate of drug-likeness (QED) is 0.858. The fourth-order valence-electron chi connectivity index (χ4n) is 3.27. The third kappa shape index (κ3) is 2.32. The Kier molecular flexibility index (Phi) is 3.93. The van der Waals surface area contributed by atoms with Gasteiger partial charge in [-0.3, -0.25) is 4.79 Å². The lowest BCUT2D eigenvalue weighted by Crippen LogP contribution is -2.27. The van der Waals surface area contributed by atoms with Gasteiger partial charge in [-0.25, -0.2) is 12.8 Å². The summed E-state index contributed by atoms with van der Waals surface area (Å²) >= 11 is 0. The number of hydrogen-bond donors (Lipinski definition) is 2. The van der Waals surface area contributed by atoms with Gasteiger partial charge in [0.25, 0.3) is 0 Å². The molecule has 7 heteroatoms. The van der Waals surface area contributed by atoms with E-state index in [0.717, 1.165) is 12.1 Å². The first-order valence-electron chi connectivity index (χ1n) is 7.24. The molecule has 5 nitrogen and oxygen atoms in total. The molecular formula is C17H15FO5S. The van der Waals surface area contributed by atoms with Crippen molar-refractivity contribution in [3.63, 3.8) is 0 Å². The van der Waals surface area contributed by atoms with E-state index < -0.39 is 44.8 Å². The van der Waals surface area contributed by atoms with Crippen molar-refractivity contribution in [2.75, 3.05) is 6.61 Å². The molecule has 0 aromatic heterocycles. The van der Waals surface area contributed by atoms with Crippen molar-refractivity contribution < 1.29 is 27.8 Å². The smallest absolute Gasteiger partial charge is 0.314 e. The Hall–Kier alpha value is -2.25. The Morgan fingerprint density at radius 2 is 1.67 bits per heavy atom. The van der Waals surface area contributed by atoms with Gasteiger partial charge >= 0.3 is 5.97 Å². The van der Waals surface area contributed by atoms with Crippen LogP contribution in [0.5, 0.6) is 0 Å². The summed E-state index contributed by atoms with van der Waals surface area (Å²) in [6, 6.07) is 12.5. The Morgan fingerprint density at radius 1 is 1.08 bits per heavy atom. The van der Waals surface area contributed by atoms with Gasteiger partial charge in [-0.1, -0.05) is 30.3 Å². The second kappa shape index (κ2) is 5.68. The summed E-state index contributed by atoms with van der Waals surface area (Å²) in [5.74, 6) is -2.83. The molecule has 0 unspecified atom stereocenters. The van der Waals surface area contributed by atoms with Gasteiger partial charge in [0.2, 0.25) is 0 Å². The third-order valence-corrected chi connectivity index (χ3v) is 6.84. The van der Waals surface area contributed by atoms with Crippen LogP contribution in [0.4, 0.5) is 4.39 Å². The SMILES string of the molecule is O=C(O)[C@@]1(CO)[C@H](S(=O)(=O)c2ccccc2)[C@@H]1c1ccc(F)cc1. The summed E-state index contributed by atoms with van der Waals surface area (Å²) in [7, 11) is -3.97. The lowest BCUT2D eigenvalue weighted by molar-refractivity contribution is -0.145. The predicted molar refractivity (Wildman–Crippen MR) is 83.7 cm³/mol. The van der Waals surface area contributed by atoms with Crippen molar-refractivity contribution in [1.29, 1.82) is 0 Å². The Morgan fingerprint density at radius 3 is 2.17 bits per heavy atom. The van der Waals surface area contributed by atoms with Gasteiger partial charge in [0, 0.05) is 5.92 Å². The van der Waals surface area contributed by atoms with Crippen LogP contribution in [0.15, 0.2) is 59.5 Å². The highest BCUT2D eigenvalue weighted by Gasteiger charge is 2.75. The molecule has 1 aliphatic rings. The van der Waals surface area contributed by atoms with Gasteiger partial charge in [0.15, 0.2) is 9.84 Å². The van der Waals surface area contributed by atoms with E-state index in [-0.39, 0.29) is 4.90 Å². The van der Waals surface area contributed by atoms with Crippen molar-refractivity contribution in [2.24, 2.45) is 5.41 Å². The van der Waals surface area contributed by atoms with Crippen LogP contribution in [0, 0.1) is 11.2 Å². The maximum absolute atomic E-state index is 13.1. The number of hydrogen-bond acceptors (Lipinski definition) is 4. The Balaban J connectivity index is 2.11. The van der Waals surface area contributed by atoms with Gasteiger partial charge in [-0.2, -0.15) is 0 Å². The second-order valence-corrected chi connectivity index (χ2v) is 7.88. The van der Waals surface area contributed by atoms with Gasteiger partial charge in [0.1, 0.15) is 11.2 Å². The van der Waals surface area contributed by atoms with Crippen LogP contribution in [-0.4, -0.2) is 36.5 Å². The molecule has 0 heterocycles. The average molecular weight is 350 g/mol. The van der Waals surface area contributed by atoms with Crippen LogP contribution in [0.3, 0.4) is 0 Å². The minimum absolute atomic E-state index is 0.00122. The van der Waals surface area contributed by atoms with Crippen molar-refractivity contribution in [3.05, 3.63) is 66.0 Å². The monoisotopic (exact) mass is 350 g/mol. The molecule has 126 valence electrons. The van der Waals surface area contributed by atoms with E-state index in [4.69, 9.17) is 0 Å². The number of aliphatic hydroxyl groups excluding tert-OH is 1. The van der Waals surface area contributed by atoms with Crippen molar-refractivity contribution in [1.82, 2.24) is 0 Å². The standard InChI is InChI=1S/C17H15FO5S/c18-12-8-6-11(7-9-12)14-15(17(14,10-19)16(20)21)24(22,23)13-4-2-1-3-5-13/h1-9,14-15,19H,10H2,(H,20,21)/t14-,15+,17+/m0/s1. The number of aliphatic carboxylic acids is 1. The fourth-order valence-corrected chi connectivity index (χ4v) is 5.66. The number of carbonyl (C=O) groups is 1. The van der Waals surface area contributed by atoms with Crippen LogP contribution >= 0.6 is 0 Å². The summed E-state index contributed by atoms with van der Waals surface area (Å²) in [6.07, 6.45) is 0. The normalized spacial score (nSPS) is 26.1. The fraction of sp³-hybridized carbons (Fsp3) is 0.235. The van der Waals surface area contributed by atoms with E-state index in [1.54, 1.807) is 18.2 Å². The van der Waals surface area contributed by atoms with Crippen LogP contribution in [0.25, 0.3) is 0 Å². The van der Waals surface area contributed by atoms with E-state index >= 15 is 0 Å². The summed E-state index contributed by atoms with van der Waals surface area (Å²) in [5, 5.41) is 17.9. The van der Waals surface area contributed by atoms with Crippen LogP contribution in [0.1, 0.15) is 11.5 Å². The van der Waals surface area contributed by atoms with Gasteiger partial charge in [-0.05, 0) is 29.8 Å². The molecule has 2 aromatic rings. The number of carboxylic acid groups (broad SMARTS) is 1. The number of sulfone groups is 1. The molecule has 0 amide bonds. The van der Waals surface area contributed by atoms with Gasteiger partial charge in [-0.15, -0.1) is 0 Å². The molecule has 24 heavy (non-hydrogen) atoms. The molecule has 2 N–H and O–H groups in total. The lowest BCUT2D eigenvalue weighted by Gasteiger charge is -2.09. The highest BCUT2D eigenvalue weighted by molar-refractivity contribution is 7.92. The minimum atomic E-state index is -3.97. The molecule has 0 spiro atoms. The topological polar surface area (TPSA) is 91.7 Å². The van der Waals surface area contributed by atoms with Crippen LogP contribution < -0.4 is 0 Å². The molecule has 2 aromatic carbocycles. The maximum atomic E-state index is 13.1. The predicted octanol–water partition coefficient (Wildman–Crippen LogP) is 1.83. The number of halogens is 1. The molecule has 1 saturated carbocycles. The molecular weight excluding hydrogens is 335 g/mol. The molecule has 0 bridgehead atoms. The third-order valence-electron chi connectivity index (χ3n) is 4.55. The zero-order valence-corrected chi connectivity index (χ0v) is 13.3. The Labute approximate surface area is 138 Å². The average Bonchev–Trinajstić information content (AvgIpc) is 3.28. The van der Waals surface area contributed by atoms with E-state index in [2.05, 4.69) is 0 Å². The summed E-state index contributed by atoms with van der Waals surface area (Å²) in [5.41, 5.74) is -1.45. The zero-order valence-electron chi connectivity index (χ0n) is 12.5. The minimum Gasteiger partial charge on any atom is -0.481 e. The van der Waals surface area contributed by atoms with E-state index in [9.17, 15) is 27.8 Å². The second-order valence-electron chi connectivity index (χ2n) is 5.81. The van der Waals surface area contributed by atoms with E-state index in [0.29, 0.717) is 5.56 Å². The summed E-state index contributed by atoms with van der Waals surface area (Å²) in [4.78, 5) is 11.8. The first-order chi connectivity index (χ1) is 11.4. The van der Waals surface area contributed by atoms with Crippen molar-refractivity contribution in [3.8, 4) is 0 Å². The first-order valence-corrected chi connectivity index (χ1v) is 8.79. The molecule has 3 atom stereocenters. The molecule has 1 aliphatic carbocycles.